The van der Waals surface area contributed by atoms with Crippen LogP contribution in [0.4, 0.5) is 32.2 Å². The molecule has 1 amide bonds. The summed E-state index contributed by atoms with van der Waals surface area (Å²) in [6, 6.07) is 0. The second kappa shape index (κ2) is 6.78. The van der Waals surface area contributed by atoms with Gasteiger partial charge in [0.15, 0.2) is 0 Å². The number of anilines is 1. The molecule has 5 nitrogen and oxygen atoms in total. The summed E-state index contributed by atoms with van der Waals surface area (Å²) in [6.45, 7) is 1.77. The van der Waals surface area contributed by atoms with Gasteiger partial charge in [0.2, 0.25) is 5.82 Å². The Balaban J connectivity index is 3.55. The fourth-order valence-electron chi connectivity index (χ4n) is 1.86. The summed E-state index contributed by atoms with van der Waals surface area (Å²) >= 11 is 0. The highest BCUT2D eigenvalue weighted by atomic mass is 19.4. The van der Waals surface area contributed by atoms with Gasteiger partial charge in [0.25, 0.3) is 5.91 Å². The molecule has 1 heterocycles. The first-order valence-electron chi connectivity index (χ1n) is 6.75. The van der Waals surface area contributed by atoms with Gasteiger partial charge in [0.1, 0.15) is 11.4 Å². The number of primary amides is 1. The lowest BCUT2D eigenvalue weighted by Crippen LogP contribution is -2.46. The predicted octanol–water partition coefficient (Wildman–Crippen LogP) is 2.76. The maximum Gasteiger partial charge on any atom is 0.451 e. The number of halogens is 6. The van der Waals surface area contributed by atoms with Crippen molar-refractivity contribution in [2.24, 2.45) is 5.73 Å². The molecule has 138 valence electrons. The predicted molar refractivity (Wildman–Crippen MR) is 76.5 cm³/mol. The van der Waals surface area contributed by atoms with Gasteiger partial charge in [-0.05, 0) is 13.8 Å². The number of amides is 1. The van der Waals surface area contributed by atoms with E-state index in [-0.39, 0.29) is 0 Å². The molecule has 0 aliphatic carbocycles. The molecule has 0 saturated carbocycles. The molecule has 1 aromatic rings. The second-order valence-corrected chi connectivity index (χ2v) is 5.51. The molecule has 11 heteroatoms. The molecule has 1 rings (SSSR count). The highest BCUT2D eigenvalue weighted by molar-refractivity contribution is 5.97. The molecular weight excluding hydrogens is 354 g/mol. The van der Waals surface area contributed by atoms with Crippen LogP contribution in [0.3, 0.4) is 0 Å². The zero-order chi connectivity index (χ0) is 19.6. The minimum absolute atomic E-state index is 0.515. The molecule has 0 radical (unpaired) electrons. The Morgan fingerprint density at radius 3 is 2.24 bits per heavy atom. The number of carbonyl (C=O) groups excluding carboxylic acids is 1. The summed E-state index contributed by atoms with van der Waals surface area (Å²) in [7, 11) is 0. The third-order valence-corrected chi connectivity index (χ3v) is 3.19. The number of hydrogen-bond donors (Lipinski definition) is 1. The number of nitrogens with zero attached hydrogens (tertiary/aromatic N) is 3. The van der Waals surface area contributed by atoms with Gasteiger partial charge in [-0.2, -0.15) is 26.3 Å². The third kappa shape index (κ3) is 5.23. The first kappa shape index (κ1) is 20.5. The lowest BCUT2D eigenvalue weighted by Gasteiger charge is -2.36. The van der Waals surface area contributed by atoms with Crippen molar-refractivity contribution < 1.29 is 31.1 Å². The number of alkyl halides is 6. The molecular formula is C14H14F6N4O. The van der Waals surface area contributed by atoms with Crippen LogP contribution in [0.5, 0.6) is 0 Å². The zero-order valence-corrected chi connectivity index (χ0v) is 13.2. The van der Waals surface area contributed by atoms with E-state index < -0.39 is 54.0 Å². The van der Waals surface area contributed by atoms with Crippen molar-refractivity contribution in [1.82, 2.24) is 9.97 Å². The standard InChI is InChI=1S/C14H14F6N4O/c1-4-12(2,3)24(6-5-13(15,16)17)10-8(9(21)25)7-22-11(23-10)14(18,19)20/h1,7H,5-6H2,2-3H3,(H2,21,25). The SMILES string of the molecule is C#CC(C)(C)N(CCC(F)(F)F)c1nc(C(F)(F)F)ncc1C(N)=O. The van der Waals surface area contributed by atoms with Gasteiger partial charge in [-0.1, -0.05) is 5.92 Å². The third-order valence-electron chi connectivity index (χ3n) is 3.19. The van der Waals surface area contributed by atoms with Gasteiger partial charge in [-0.15, -0.1) is 6.42 Å². The summed E-state index contributed by atoms with van der Waals surface area (Å²) < 4.78 is 76.2. The summed E-state index contributed by atoms with van der Waals surface area (Å²) in [5.74, 6) is -1.37. The highest BCUT2D eigenvalue weighted by Crippen LogP contribution is 2.32. The molecule has 2 N–H and O–H groups in total. The van der Waals surface area contributed by atoms with Crippen molar-refractivity contribution in [1.29, 1.82) is 0 Å². The molecule has 0 atom stereocenters. The number of terminal acetylenes is 1. The molecule has 0 bridgehead atoms. The lowest BCUT2D eigenvalue weighted by atomic mass is 10.0. The Morgan fingerprint density at radius 1 is 1.28 bits per heavy atom. The van der Waals surface area contributed by atoms with Crippen LogP contribution in [0.25, 0.3) is 0 Å². The number of aromatic nitrogens is 2. The number of carbonyl (C=O) groups is 1. The van der Waals surface area contributed by atoms with E-state index in [0.717, 1.165) is 4.90 Å². The number of nitrogens with two attached hydrogens (primary N) is 1. The lowest BCUT2D eigenvalue weighted by molar-refractivity contribution is -0.145. The van der Waals surface area contributed by atoms with E-state index in [9.17, 15) is 31.1 Å². The Hall–Kier alpha value is -2.51. The van der Waals surface area contributed by atoms with Crippen LogP contribution in [-0.2, 0) is 6.18 Å². The summed E-state index contributed by atoms with van der Waals surface area (Å²) in [5.41, 5.74) is 3.03. The fraction of sp³-hybridized carbons (Fsp3) is 0.500. The summed E-state index contributed by atoms with van der Waals surface area (Å²) in [5, 5.41) is 0. The van der Waals surface area contributed by atoms with Gasteiger partial charge < -0.3 is 10.6 Å². The largest absolute Gasteiger partial charge is 0.451 e. The van der Waals surface area contributed by atoms with Gasteiger partial charge >= 0.3 is 12.4 Å². The van der Waals surface area contributed by atoms with E-state index in [1.807, 2.05) is 0 Å². The highest BCUT2D eigenvalue weighted by Gasteiger charge is 2.39. The van der Waals surface area contributed by atoms with E-state index in [1.54, 1.807) is 0 Å². The molecule has 0 spiro atoms. The Bertz CT molecular complexity index is 690. The van der Waals surface area contributed by atoms with Crippen LogP contribution >= 0.6 is 0 Å². The first-order chi connectivity index (χ1) is 11.2. The molecule has 0 aliphatic rings. The average Bonchev–Trinajstić information content (AvgIpc) is 2.44. The molecule has 0 saturated heterocycles. The second-order valence-electron chi connectivity index (χ2n) is 5.51. The fourth-order valence-corrected chi connectivity index (χ4v) is 1.86. The van der Waals surface area contributed by atoms with Crippen molar-refractivity contribution in [2.45, 2.75) is 38.2 Å². The average molecular weight is 368 g/mol. The molecule has 0 aliphatic heterocycles. The van der Waals surface area contributed by atoms with Crippen molar-refractivity contribution in [2.75, 3.05) is 11.4 Å². The van der Waals surface area contributed by atoms with Gasteiger partial charge in [0, 0.05) is 12.7 Å². The Morgan fingerprint density at radius 2 is 1.84 bits per heavy atom. The van der Waals surface area contributed by atoms with Crippen molar-refractivity contribution >= 4 is 11.7 Å². The van der Waals surface area contributed by atoms with E-state index >= 15 is 0 Å². The van der Waals surface area contributed by atoms with Gasteiger partial charge in [0.05, 0.1) is 12.0 Å². The van der Waals surface area contributed by atoms with Crippen LogP contribution in [0, 0.1) is 12.3 Å². The van der Waals surface area contributed by atoms with Gasteiger partial charge in [-0.3, -0.25) is 4.79 Å². The number of rotatable bonds is 5. The normalized spacial score (nSPS) is 12.6. The van der Waals surface area contributed by atoms with Crippen molar-refractivity contribution in [3.8, 4) is 12.3 Å². The maximum atomic E-state index is 12.8. The number of hydrogen-bond acceptors (Lipinski definition) is 4. The van der Waals surface area contributed by atoms with Crippen molar-refractivity contribution in [3.63, 3.8) is 0 Å². The summed E-state index contributed by atoms with van der Waals surface area (Å²) in [6.07, 6.45) is -5.17. The van der Waals surface area contributed by atoms with E-state index in [1.165, 1.54) is 13.8 Å². The Labute approximate surface area is 139 Å². The molecule has 0 fully saturated rings. The Kier molecular flexibility index (Phi) is 5.57. The quantitative estimate of drug-likeness (QED) is 0.641. The first-order valence-corrected chi connectivity index (χ1v) is 6.75. The van der Waals surface area contributed by atoms with Crippen LogP contribution in [0.1, 0.15) is 36.5 Å². The van der Waals surface area contributed by atoms with E-state index in [2.05, 4.69) is 15.9 Å². The van der Waals surface area contributed by atoms with Crippen LogP contribution in [0.15, 0.2) is 6.20 Å². The molecule has 0 unspecified atom stereocenters. The maximum absolute atomic E-state index is 12.8. The molecule has 25 heavy (non-hydrogen) atoms. The van der Waals surface area contributed by atoms with Crippen molar-refractivity contribution in [3.05, 3.63) is 17.6 Å². The monoisotopic (exact) mass is 368 g/mol. The minimum Gasteiger partial charge on any atom is -0.365 e. The molecule has 1 aromatic heterocycles. The zero-order valence-electron chi connectivity index (χ0n) is 13.2. The van der Waals surface area contributed by atoms with Crippen LogP contribution < -0.4 is 10.6 Å². The minimum atomic E-state index is -4.97. The van der Waals surface area contributed by atoms with E-state index in [4.69, 9.17) is 12.2 Å². The van der Waals surface area contributed by atoms with Crippen LogP contribution in [-0.4, -0.2) is 34.1 Å². The van der Waals surface area contributed by atoms with Crippen LogP contribution in [0.2, 0.25) is 0 Å². The molecule has 0 aromatic carbocycles. The topological polar surface area (TPSA) is 72.1 Å². The summed E-state index contributed by atoms with van der Waals surface area (Å²) in [4.78, 5) is 18.4. The van der Waals surface area contributed by atoms with Gasteiger partial charge in [-0.25, -0.2) is 9.97 Å². The van der Waals surface area contributed by atoms with E-state index in [0.29, 0.717) is 6.20 Å². The smallest absolute Gasteiger partial charge is 0.365 e.